The van der Waals surface area contributed by atoms with Crippen molar-refractivity contribution in [2.45, 2.75) is 19.8 Å². The number of aryl methyl sites for hydroxylation is 1. The van der Waals surface area contributed by atoms with Gasteiger partial charge in [-0.1, -0.05) is 13.0 Å². The number of rotatable bonds is 5. The van der Waals surface area contributed by atoms with E-state index in [0.29, 0.717) is 18.0 Å². The van der Waals surface area contributed by atoms with Crippen molar-refractivity contribution in [2.24, 2.45) is 0 Å². The Labute approximate surface area is 110 Å². The quantitative estimate of drug-likeness (QED) is 0.889. The van der Waals surface area contributed by atoms with Gasteiger partial charge in [0, 0.05) is 12.5 Å². The SMILES string of the molecule is CCCc1nc(C(=O)O)nn1-c1cccc(OC)c1. The highest BCUT2D eigenvalue weighted by atomic mass is 16.5. The number of benzene rings is 1. The fourth-order valence-corrected chi connectivity index (χ4v) is 1.77. The van der Waals surface area contributed by atoms with E-state index >= 15 is 0 Å². The van der Waals surface area contributed by atoms with Crippen LogP contribution >= 0.6 is 0 Å². The first-order chi connectivity index (χ1) is 9.15. The summed E-state index contributed by atoms with van der Waals surface area (Å²) in [5, 5.41) is 13.0. The van der Waals surface area contributed by atoms with Crippen LogP contribution in [0.25, 0.3) is 5.69 Å². The second-order valence-electron chi connectivity index (χ2n) is 4.02. The second-order valence-corrected chi connectivity index (χ2v) is 4.02. The third kappa shape index (κ3) is 2.73. The molecule has 100 valence electrons. The Morgan fingerprint density at radius 1 is 1.47 bits per heavy atom. The molecule has 0 fully saturated rings. The van der Waals surface area contributed by atoms with Crippen molar-refractivity contribution in [3.8, 4) is 11.4 Å². The van der Waals surface area contributed by atoms with Gasteiger partial charge in [-0.05, 0) is 18.6 Å². The molecule has 0 radical (unpaired) electrons. The van der Waals surface area contributed by atoms with Crippen LogP contribution in [0.15, 0.2) is 24.3 Å². The number of nitrogens with zero attached hydrogens (tertiary/aromatic N) is 3. The molecule has 1 N–H and O–H groups in total. The van der Waals surface area contributed by atoms with E-state index in [2.05, 4.69) is 10.1 Å². The van der Waals surface area contributed by atoms with Gasteiger partial charge >= 0.3 is 5.97 Å². The summed E-state index contributed by atoms with van der Waals surface area (Å²) in [7, 11) is 1.58. The van der Waals surface area contributed by atoms with Crippen molar-refractivity contribution in [1.82, 2.24) is 14.8 Å². The minimum Gasteiger partial charge on any atom is -0.497 e. The van der Waals surface area contributed by atoms with E-state index in [1.54, 1.807) is 17.9 Å². The van der Waals surface area contributed by atoms with Crippen molar-refractivity contribution in [3.63, 3.8) is 0 Å². The second kappa shape index (κ2) is 5.51. The van der Waals surface area contributed by atoms with Crippen LogP contribution in [0.2, 0.25) is 0 Å². The van der Waals surface area contributed by atoms with Gasteiger partial charge in [0.15, 0.2) is 0 Å². The maximum atomic E-state index is 11.0. The van der Waals surface area contributed by atoms with Crippen LogP contribution in [-0.2, 0) is 6.42 Å². The summed E-state index contributed by atoms with van der Waals surface area (Å²) >= 11 is 0. The molecule has 0 saturated heterocycles. The molecule has 0 atom stereocenters. The number of carboxylic acid groups (broad SMARTS) is 1. The lowest BCUT2D eigenvalue weighted by atomic mass is 10.3. The van der Waals surface area contributed by atoms with Crippen LogP contribution < -0.4 is 4.74 Å². The summed E-state index contributed by atoms with van der Waals surface area (Å²) in [5.74, 6) is 0.00532. The number of methoxy groups -OCH3 is 1. The minimum absolute atomic E-state index is 0.189. The van der Waals surface area contributed by atoms with Crippen LogP contribution in [0, 0.1) is 0 Å². The molecule has 1 aromatic heterocycles. The molecule has 2 aromatic rings. The van der Waals surface area contributed by atoms with Crippen LogP contribution in [0.1, 0.15) is 29.8 Å². The molecular weight excluding hydrogens is 246 g/mol. The number of aromatic carboxylic acids is 1. The smallest absolute Gasteiger partial charge is 0.375 e. The van der Waals surface area contributed by atoms with Crippen molar-refractivity contribution in [3.05, 3.63) is 35.9 Å². The van der Waals surface area contributed by atoms with E-state index in [9.17, 15) is 4.79 Å². The topological polar surface area (TPSA) is 77.2 Å². The highest BCUT2D eigenvalue weighted by Gasteiger charge is 2.16. The average Bonchev–Trinajstić information content (AvgIpc) is 2.83. The molecule has 19 heavy (non-hydrogen) atoms. The first-order valence-electron chi connectivity index (χ1n) is 5.99. The van der Waals surface area contributed by atoms with Crippen molar-refractivity contribution in [2.75, 3.05) is 7.11 Å². The fourth-order valence-electron chi connectivity index (χ4n) is 1.77. The van der Waals surface area contributed by atoms with Gasteiger partial charge in [0.2, 0.25) is 0 Å². The van der Waals surface area contributed by atoms with Gasteiger partial charge in [0.25, 0.3) is 5.82 Å². The van der Waals surface area contributed by atoms with Crippen molar-refractivity contribution >= 4 is 5.97 Å². The van der Waals surface area contributed by atoms with Gasteiger partial charge < -0.3 is 9.84 Å². The van der Waals surface area contributed by atoms with Crippen LogP contribution in [0.4, 0.5) is 0 Å². The largest absolute Gasteiger partial charge is 0.497 e. The Morgan fingerprint density at radius 2 is 2.26 bits per heavy atom. The zero-order valence-electron chi connectivity index (χ0n) is 10.8. The molecule has 0 amide bonds. The number of hydrogen-bond acceptors (Lipinski definition) is 4. The Balaban J connectivity index is 2.49. The highest BCUT2D eigenvalue weighted by Crippen LogP contribution is 2.17. The Morgan fingerprint density at radius 3 is 2.89 bits per heavy atom. The molecule has 6 nitrogen and oxygen atoms in total. The standard InChI is InChI=1S/C13H15N3O3/c1-3-5-11-14-12(13(17)18)15-16(11)9-6-4-7-10(8-9)19-2/h4,6-8H,3,5H2,1-2H3,(H,17,18). The van der Waals surface area contributed by atoms with Crippen LogP contribution in [0.5, 0.6) is 5.75 Å². The van der Waals surface area contributed by atoms with E-state index in [0.717, 1.165) is 12.1 Å². The molecule has 6 heteroatoms. The van der Waals surface area contributed by atoms with Crippen molar-refractivity contribution in [1.29, 1.82) is 0 Å². The number of ether oxygens (including phenoxy) is 1. The molecule has 0 aliphatic carbocycles. The molecule has 2 rings (SSSR count). The number of carboxylic acids is 1. The molecule has 0 saturated carbocycles. The van der Waals surface area contributed by atoms with E-state index < -0.39 is 5.97 Å². The zero-order chi connectivity index (χ0) is 13.8. The molecule has 0 aliphatic rings. The minimum atomic E-state index is -1.13. The lowest BCUT2D eigenvalue weighted by Crippen LogP contribution is -2.04. The summed E-state index contributed by atoms with van der Waals surface area (Å²) < 4.78 is 6.70. The molecule has 1 heterocycles. The van der Waals surface area contributed by atoms with E-state index in [-0.39, 0.29) is 5.82 Å². The first-order valence-corrected chi connectivity index (χ1v) is 5.99. The predicted molar refractivity (Wildman–Crippen MR) is 68.9 cm³/mol. The van der Waals surface area contributed by atoms with Crippen LogP contribution in [-0.4, -0.2) is 33.0 Å². The van der Waals surface area contributed by atoms with E-state index in [4.69, 9.17) is 9.84 Å². The summed E-state index contributed by atoms with van der Waals surface area (Å²) in [4.78, 5) is 15.0. The van der Waals surface area contributed by atoms with Gasteiger partial charge in [-0.3, -0.25) is 0 Å². The summed E-state index contributed by atoms with van der Waals surface area (Å²) in [6.07, 6.45) is 1.53. The van der Waals surface area contributed by atoms with Gasteiger partial charge in [-0.25, -0.2) is 14.5 Å². The highest BCUT2D eigenvalue weighted by molar-refractivity contribution is 5.83. The molecule has 0 aliphatic heterocycles. The lowest BCUT2D eigenvalue weighted by Gasteiger charge is -2.06. The normalized spacial score (nSPS) is 10.4. The van der Waals surface area contributed by atoms with Crippen LogP contribution in [0.3, 0.4) is 0 Å². The van der Waals surface area contributed by atoms with E-state index in [1.165, 1.54) is 0 Å². The molecular formula is C13H15N3O3. The van der Waals surface area contributed by atoms with Gasteiger partial charge in [0.1, 0.15) is 11.6 Å². The maximum absolute atomic E-state index is 11.0. The Bertz CT molecular complexity index is 593. The Hall–Kier alpha value is -2.37. The summed E-state index contributed by atoms with van der Waals surface area (Å²) in [5.41, 5.74) is 0.739. The van der Waals surface area contributed by atoms with Crippen molar-refractivity contribution < 1.29 is 14.6 Å². The van der Waals surface area contributed by atoms with Gasteiger partial charge in [0.05, 0.1) is 12.8 Å². The zero-order valence-corrected chi connectivity index (χ0v) is 10.8. The third-order valence-corrected chi connectivity index (χ3v) is 2.64. The average molecular weight is 261 g/mol. The van der Waals surface area contributed by atoms with E-state index in [1.807, 2.05) is 25.1 Å². The van der Waals surface area contributed by atoms with Gasteiger partial charge in [-0.15, -0.1) is 5.10 Å². The maximum Gasteiger partial charge on any atom is 0.375 e. The molecule has 0 unspecified atom stereocenters. The lowest BCUT2D eigenvalue weighted by molar-refractivity contribution is 0.0683. The monoisotopic (exact) mass is 261 g/mol. The summed E-state index contributed by atoms with van der Waals surface area (Å²) in [6, 6.07) is 7.27. The Kier molecular flexibility index (Phi) is 3.79. The molecule has 1 aromatic carbocycles. The van der Waals surface area contributed by atoms with Gasteiger partial charge in [-0.2, -0.15) is 0 Å². The number of hydrogen-bond donors (Lipinski definition) is 1. The molecule has 0 spiro atoms. The first kappa shape index (κ1) is 13.1. The predicted octanol–water partition coefficient (Wildman–Crippen LogP) is 1.93. The fraction of sp³-hybridized carbons (Fsp3) is 0.308. The summed E-state index contributed by atoms with van der Waals surface area (Å²) in [6.45, 7) is 2.00. The molecule has 0 bridgehead atoms. The number of aromatic nitrogens is 3. The third-order valence-electron chi connectivity index (χ3n) is 2.64. The number of carbonyl (C=O) groups is 1.